The minimum atomic E-state index is -1.08. The number of carboxylic acid groups (broad SMARTS) is 1. The van der Waals surface area contributed by atoms with Crippen LogP contribution in [0.25, 0.3) is 10.9 Å². The van der Waals surface area contributed by atoms with Crippen molar-refractivity contribution >= 4 is 28.2 Å². The van der Waals surface area contributed by atoms with Crippen LogP contribution >= 0.6 is 11.3 Å². The Balaban J connectivity index is 1.49. The summed E-state index contributed by atoms with van der Waals surface area (Å²) < 4.78 is 5.35. The zero-order valence-electron chi connectivity index (χ0n) is 14.6. The lowest BCUT2D eigenvalue weighted by Crippen LogP contribution is -2.25. The SMILES string of the molecule is O=C(O)c1coc(CN(CCc2c[nH]c3ccccc23)Cc2cccs2)n1. The standard InChI is InChI=1S/C20H19N3O3S/c24-20(25)18-13-26-19(22-18)12-23(11-15-4-3-9-27-15)8-7-14-10-21-17-6-2-1-5-16(14)17/h1-6,9-10,13,21H,7-8,11-12H2,(H,24,25). The first-order chi connectivity index (χ1) is 13.2. The van der Waals surface area contributed by atoms with Crippen molar-refractivity contribution in [2.75, 3.05) is 6.54 Å². The quantitative estimate of drug-likeness (QED) is 0.479. The topological polar surface area (TPSA) is 82.4 Å². The first-order valence-corrected chi connectivity index (χ1v) is 9.54. The Morgan fingerprint density at radius 1 is 1.22 bits per heavy atom. The Hall–Kier alpha value is -2.90. The summed E-state index contributed by atoms with van der Waals surface area (Å²) in [6.45, 7) is 2.04. The van der Waals surface area contributed by atoms with Gasteiger partial charge in [0.15, 0.2) is 5.69 Å². The van der Waals surface area contributed by atoms with Crippen molar-refractivity contribution in [3.8, 4) is 0 Å². The number of thiophene rings is 1. The van der Waals surface area contributed by atoms with Crippen LogP contribution in [0.15, 0.2) is 58.7 Å². The van der Waals surface area contributed by atoms with E-state index in [1.54, 1.807) is 11.3 Å². The van der Waals surface area contributed by atoms with E-state index in [9.17, 15) is 4.79 Å². The molecule has 0 amide bonds. The van der Waals surface area contributed by atoms with Gasteiger partial charge in [0, 0.05) is 35.1 Å². The summed E-state index contributed by atoms with van der Waals surface area (Å²) in [6.07, 6.45) is 4.13. The van der Waals surface area contributed by atoms with Crippen LogP contribution in [0, 0.1) is 0 Å². The first-order valence-electron chi connectivity index (χ1n) is 8.66. The van der Waals surface area contributed by atoms with E-state index in [1.165, 1.54) is 22.1 Å². The Bertz CT molecular complexity index is 1040. The Morgan fingerprint density at radius 3 is 2.89 bits per heavy atom. The van der Waals surface area contributed by atoms with Crippen LogP contribution in [0.1, 0.15) is 26.8 Å². The number of carboxylic acids is 1. The maximum Gasteiger partial charge on any atom is 0.357 e. The third-order valence-corrected chi connectivity index (χ3v) is 5.32. The molecule has 0 atom stereocenters. The average Bonchev–Trinajstić information content (AvgIpc) is 3.41. The summed E-state index contributed by atoms with van der Waals surface area (Å²) in [5.41, 5.74) is 2.34. The molecule has 0 fully saturated rings. The molecule has 6 nitrogen and oxygen atoms in total. The smallest absolute Gasteiger partial charge is 0.357 e. The fourth-order valence-corrected chi connectivity index (χ4v) is 3.87. The number of hydrogen-bond acceptors (Lipinski definition) is 5. The van der Waals surface area contributed by atoms with Crippen molar-refractivity contribution in [3.63, 3.8) is 0 Å². The van der Waals surface area contributed by atoms with Gasteiger partial charge in [-0.15, -0.1) is 11.3 Å². The van der Waals surface area contributed by atoms with Gasteiger partial charge in [-0.1, -0.05) is 24.3 Å². The molecule has 0 aliphatic heterocycles. The molecule has 3 aromatic heterocycles. The second-order valence-corrected chi connectivity index (χ2v) is 7.36. The van der Waals surface area contributed by atoms with E-state index in [4.69, 9.17) is 9.52 Å². The van der Waals surface area contributed by atoms with Gasteiger partial charge < -0.3 is 14.5 Å². The second kappa shape index (κ2) is 7.77. The molecule has 0 bridgehead atoms. The minimum absolute atomic E-state index is 0.0577. The van der Waals surface area contributed by atoms with Crippen molar-refractivity contribution in [2.24, 2.45) is 0 Å². The number of nitrogens with zero attached hydrogens (tertiary/aromatic N) is 2. The number of oxazole rings is 1. The van der Waals surface area contributed by atoms with Crippen LogP contribution in [0.2, 0.25) is 0 Å². The molecule has 27 heavy (non-hydrogen) atoms. The molecule has 0 spiro atoms. The van der Waals surface area contributed by atoms with Gasteiger partial charge in [0.05, 0.1) is 6.54 Å². The van der Waals surface area contributed by atoms with Crippen molar-refractivity contribution < 1.29 is 14.3 Å². The fourth-order valence-electron chi connectivity index (χ4n) is 3.13. The molecule has 138 valence electrons. The van der Waals surface area contributed by atoms with Crippen molar-refractivity contribution in [1.82, 2.24) is 14.9 Å². The average molecular weight is 381 g/mol. The molecular weight excluding hydrogens is 362 g/mol. The minimum Gasteiger partial charge on any atom is -0.476 e. The number of benzene rings is 1. The normalized spacial score (nSPS) is 11.4. The van der Waals surface area contributed by atoms with E-state index in [0.29, 0.717) is 12.4 Å². The molecule has 0 radical (unpaired) electrons. The van der Waals surface area contributed by atoms with Gasteiger partial charge in [0.2, 0.25) is 5.89 Å². The number of aromatic amines is 1. The number of H-pyrrole nitrogens is 1. The van der Waals surface area contributed by atoms with Gasteiger partial charge in [-0.05, 0) is 29.5 Å². The molecule has 2 N–H and O–H groups in total. The number of nitrogens with one attached hydrogen (secondary N) is 1. The van der Waals surface area contributed by atoms with Crippen LogP contribution in [-0.4, -0.2) is 32.5 Å². The summed E-state index contributed by atoms with van der Waals surface area (Å²) in [7, 11) is 0. The number of rotatable bonds is 8. The predicted octanol–water partition coefficient (Wildman–Crippen LogP) is 4.16. The molecule has 0 aliphatic carbocycles. The zero-order chi connectivity index (χ0) is 18.6. The van der Waals surface area contributed by atoms with Gasteiger partial charge in [0.1, 0.15) is 6.26 Å². The van der Waals surface area contributed by atoms with Crippen LogP contribution in [0.4, 0.5) is 0 Å². The lowest BCUT2D eigenvalue weighted by Gasteiger charge is -2.19. The molecule has 0 aliphatic rings. The predicted molar refractivity (Wildman–Crippen MR) is 104 cm³/mol. The van der Waals surface area contributed by atoms with E-state index in [0.717, 1.165) is 25.0 Å². The number of hydrogen-bond donors (Lipinski definition) is 2. The third kappa shape index (κ3) is 4.10. The van der Waals surface area contributed by atoms with E-state index >= 15 is 0 Å². The monoisotopic (exact) mass is 381 g/mol. The Labute approximate surface area is 160 Å². The van der Waals surface area contributed by atoms with Crippen LogP contribution in [-0.2, 0) is 19.5 Å². The largest absolute Gasteiger partial charge is 0.476 e. The molecule has 0 saturated heterocycles. The zero-order valence-corrected chi connectivity index (χ0v) is 15.4. The Morgan fingerprint density at radius 2 is 2.11 bits per heavy atom. The lowest BCUT2D eigenvalue weighted by molar-refractivity contribution is 0.0690. The summed E-state index contributed by atoms with van der Waals surface area (Å²) in [5.74, 6) is -0.656. The summed E-state index contributed by atoms with van der Waals surface area (Å²) in [4.78, 5) is 21.9. The number of fused-ring (bicyclic) bond motifs is 1. The van der Waals surface area contributed by atoms with Crippen LogP contribution in [0.5, 0.6) is 0 Å². The van der Waals surface area contributed by atoms with Gasteiger partial charge in [-0.3, -0.25) is 4.90 Å². The second-order valence-electron chi connectivity index (χ2n) is 6.33. The van der Waals surface area contributed by atoms with Gasteiger partial charge in [-0.25, -0.2) is 9.78 Å². The maximum absolute atomic E-state index is 11.0. The number of carbonyl (C=O) groups is 1. The van der Waals surface area contributed by atoms with Crippen molar-refractivity contribution in [2.45, 2.75) is 19.5 Å². The van der Waals surface area contributed by atoms with E-state index < -0.39 is 5.97 Å². The molecule has 4 rings (SSSR count). The highest BCUT2D eigenvalue weighted by Gasteiger charge is 2.15. The number of aromatic carboxylic acids is 1. The van der Waals surface area contributed by atoms with Crippen LogP contribution < -0.4 is 0 Å². The summed E-state index contributed by atoms with van der Waals surface area (Å²) in [5, 5.41) is 12.3. The highest BCUT2D eigenvalue weighted by Crippen LogP contribution is 2.20. The molecule has 0 saturated carbocycles. The molecule has 7 heteroatoms. The lowest BCUT2D eigenvalue weighted by atomic mass is 10.1. The maximum atomic E-state index is 11.0. The third-order valence-electron chi connectivity index (χ3n) is 4.46. The summed E-state index contributed by atoms with van der Waals surface area (Å²) in [6, 6.07) is 12.4. The van der Waals surface area contributed by atoms with E-state index in [1.807, 2.05) is 18.2 Å². The van der Waals surface area contributed by atoms with E-state index in [2.05, 4.69) is 44.6 Å². The molecule has 4 aromatic rings. The summed E-state index contributed by atoms with van der Waals surface area (Å²) >= 11 is 1.70. The number of para-hydroxylation sites is 1. The highest BCUT2D eigenvalue weighted by atomic mass is 32.1. The van der Waals surface area contributed by atoms with E-state index in [-0.39, 0.29) is 5.69 Å². The Kier molecular flexibility index (Phi) is 5.04. The van der Waals surface area contributed by atoms with Crippen LogP contribution in [0.3, 0.4) is 0 Å². The fraction of sp³-hybridized carbons (Fsp3) is 0.200. The van der Waals surface area contributed by atoms with Gasteiger partial charge in [0.25, 0.3) is 0 Å². The van der Waals surface area contributed by atoms with Gasteiger partial charge in [-0.2, -0.15) is 0 Å². The molecule has 1 aromatic carbocycles. The van der Waals surface area contributed by atoms with Crippen molar-refractivity contribution in [3.05, 3.63) is 76.3 Å². The molecular formula is C20H19N3O3S. The number of aromatic nitrogens is 2. The first kappa shape index (κ1) is 17.5. The highest BCUT2D eigenvalue weighted by molar-refractivity contribution is 7.09. The van der Waals surface area contributed by atoms with Crippen molar-refractivity contribution in [1.29, 1.82) is 0 Å². The molecule has 3 heterocycles. The van der Waals surface area contributed by atoms with Gasteiger partial charge >= 0.3 is 5.97 Å². The molecule has 0 unspecified atom stereocenters.